The number of methoxy groups -OCH3 is 1. The number of hydrogen-bond donors (Lipinski definition) is 2. The summed E-state index contributed by atoms with van der Waals surface area (Å²) >= 11 is 1.62. The molecule has 2 aromatic carbocycles. The molecule has 2 aromatic heterocycles. The van der Waals surface area contributed by atoms with Gasteiger partial charge in [0.15, 0.2) is 17.3 Å². The lowest BCUT2D eigenvalue weighted by molar-refractivity contribution is 0.341. The highest BCUT2D eigenvalue weighted by Crippen LogP contribution is 2.43. The average molecular weight is 449 g/mol. The molecule has 0 radical (unpaired) electrons. The number of hydrogen-bond acceptors (Lipinski definition) is 8. The van der Waals surface area contributed by atoms with Gasteiger partial charge in [0, 0.05) is 10.4 Å². The van der Waals surface area contributed by atoms with E-state index in [1.165, 1.54) is 7.11 Å². The zero-order chi connectivity index (χ0) is 22.5. The number of aromatic nitrogens is 2. The number of phenols is 1. The Morgan fingerprint density at radius 3 is 2.72 bits per heavy atom. The van der Waals surface area contributed by atoms with Gasteiger partial charge in [-0.15, -0.1) is 11.3 Å². The van der Waals surface area contributed by atoms with Crippen LogP contribution >= 0.6 is 11.3 Å². The van der Waals surface area contributed by atoms with Crippen molar-refractivity contribution < 1.29 is 14.6 Å². The summed E-state index contributed by atoms with van der Waals surface area (Å²) in [5, 5.41) is 14.2. The van der Waals surface area contributed by atoms with Crippen molar-refractivity contribution in [2.24, 2.45) is 5.10 Å². The van der Waals surface area contributed by atoms with Crippen LogP contribution in [0.25, 0.3) is 20.7 Å². The van der Waals surface area contributed by atoms with Crippen molar-refractivity contribution in [3.05, 3.63) is 59.9 Å². The van der Waals surface area contributed by atoms with Crippen LogP contribution < -0.4 is 14.9 Å². The summed E-state index contributed by atoms with van der Waals surface area (Å²) in [4.78, 5) is 10.1. The van der Waals surface area contributed by atoms with Crippen molar-refractivity contribution in [1.29, 1.82) is 0 Å². The third-order valence-electron chi connectivity index (χ3n) is 4.94. The van der Waals surface area contributed by atoms with Crippen LogP contribution in [0.1, 0.15) is 25.0 Å². The maximum Gasteiger partial charge on any atom is 0.167 e. The normalized spacial score (nSPS) is 11.2. The quantitative estimate of drug-likeness (QED) is 0.274. The van der Waals surface area contributed by atoms with Gasteiger partial charge in [0.25, 0.3) is 0 Å². The Labute approximate surface area is 190 Å². The van der Waals surface area contributed by atoms with Gasteiger partial charge in [-0.3, -0.25) is 5.43 Å². The number of rotatable bonds is 8. The molecule has 4 rings (SSSR count). The van der Waals surface area contributed by atoms with Crippen molar-refractivity contribution in [3.63, 3.8) is 0 Å². The van der Waals surface area contributed by atoms with Crippen LogP contribution in [-0.2, 0) is 6.42 Å². The van der Waals surface area contributed by atoms with Gasteiger partial charge in [-0.2, -0.15) is 5.10 Å². The van der Waals surface area contributed by atoms with Crippen molar-refractivity contribution in [2.75, 3.05) is 19.1 Å². The number of hydrazone groups is 1. The maximum absolute atomic E-state index is 9.94. The molecule has 0 aliphatic heterocycles. The van der Waals surface area contributed by atoms with Gasteiger partial charge in [0.05, 0.1) is 30.1 Å². The van der Waals surface area contributed by atoms with Crippen molar-refractivity contribution in [1.82, 2.24) is 9.97 Å². The van der Waals surface area contributed by atoms with E-state index in [1.54, 1.807) is 36.0 Å². The van der Waals surface area contributed by atoms with E-state index in [1.807, 2.05) is 31.2 Å². The minimum absolute atomic E-state index is 0.0596. The van der Waals surface area contributed by atoms with Gasteiger partial charge >= 0.3 is 0 Å². The standard InChI is InChI=1S/C24H24N4O3S/c1-4-16-21-23(32-22(16)17-8-6-7-9-19(17)31-5-2)24(26-14-25-21)28-27-13-15-10-11-20(30-3)18(29)12-15/h6-14,29H,4-5H2,1-3H3,(H,25,26,28)/b27-13+. The third kappa shape index (κ3) is 4.22. The summed E-state index contributed by atoms with van der Waals surface area (Å²) in [5.74, 6) is 1.96. The van der Waals surface area contributed by atoms with E-state index in [9.17, 15) is 5.11 Å². The Hall–Kier alpha value is -3.65. The number of nitrogens with one attached hydrogen (secondary N) is 1. The number of aromatic hydroxyl groups is 1. The molecule has 0 aliphatic rings. The van der Waals surface area contributed by atoms with E-state index in [0.717, 1.165) is 44.0 Å². The predicted molar refractivity (Wildman–Crippen MR) is 129 cm³/mol. The molecule has 0 saturated heterocycles. The molecule has 0 bridgehead atoms. The second kappa shape index (κ2) is 9.65. The lowest BCUT2D eigenvalue weighted by Crippen LogP contribution is -1.95. The Bertz CT molecular complexity index is 1270. The lowest BCUT2D eigenvalue weighted by Gasteiger charge is -2.09. The Balaban J connectivity index is 1.69. The van der Waals surface area contributed by atoms with Gasteiger partial charge in [-0.05, 0) is 54.8 Å². The topological polar surface area (TPSA) is 88.9 Å². The van der Waals surface area contributed by atoms with Crippen molar-refractivity contribution in [3.8, 4) is 27.7 Å². The summed E-state index contributed by atoms with van der Waals surface area (Å²) in [6, 6.07) is 13.1. The fourth-order valence-corrected chi connectivity index (χ4v) is 4.79. The summed E-state index contributed by atoms with van der Waals surface area (Å²) in [5.41, 5.74) is 6.88. The Morgan fingerprint density at radius 2 is 1.97 bits per heavy atom. The SMILES string of the molecule is CCOc1ccccc1-c1sc2c(N/N=C/c3ccc(OC)c(O)c3)ncnc2c1CC. The number of aryl methyl sites for hydroxylation is 1. The minimum atomic E-state index is 0.0596. The first-order chi connectivity index (χ1) is 15.7. The first-order valence-electron chi connectivity index (χ1n) is 10.3. The number of thiophene rings is 1. The summed E-state index contributed by atoms with van der Waals surface area (Å²) < 4.78 is 11.9. The zero-order valence-electron chi connectivity index (χ0n) is 18.1. The van der Waals surface area contributed by atoms with E-state index in [0.29, 0.717) is 18.2 Å². The first kappa shape index (κ1) is 21.6. The van der Waals surface area contributed by atoms with E-state index in [-0.39, 0.29) is 5.75 Å². The van der Waals surface area contributed by atoms with E-state index >= 15 is 0 Å². The molecule has 8 heteroatoms. The van der Waals surface area contributed by atoms with E-state index in [4.69, 9.17) is 9.47 Å². The largest absolute Gasteiger partial charge is 0.504 e. The number of fused-ring (bicyclic) bond motifs is 1. The van der Waals surface area contributed by atoms with Crippen molar-refractivity contribution in [2.45, 2.75) is 20.3 Å². The maximum atomic E-state index is 9.94. The summed E-state index contributed by atoms with van der Waals surface area (Å²) in [7, 11) is 1.51. The van der Waals surface area contributed by atoms with E-state index in [2.05, 4.69) is 33.5 Å². The lowest BCUT2D eigenvalue weighted by atomic mass is 10.1. The predicted octanol–water partition coefficient (Wildman–Crippen LogP) is 5.48. The van der Waals surface area contributed by atoms with Crippen LogP contribution in [0.2, 0.25) is 0 Å². The molecule has 4 aromatic rings. The number of para-hydroxylation sites is 1. The van der Waals surface area contributed by atoms with Crippen LogP contribution in [0, 0.1) is 0 Å². The molecule has 0 spiro atoms. The molecule has 7 nitrogen and oxygen atoms in total. The van der Waals surface area contributed by atoms with Gasteiger partial charge in [0.2, 0.25) is 0 Å². The number of phenolic OH excluding ortho intramolecular Hbond substituents is 1. The van der Waals surface area contributed by atoms with Gasteiger partial charge in [-0.25, -0.2) is 9.97 Å². The Kier molecular flexibility index (Phi) is 6.51. The second-order valence-electron chi connectivity index (χ2n) is 6.89. The van der Waals surface area contributed by atoms with Crippen LogP contribution in [0.3, 0.4) is 0 Å². The molecular weight excluding hydrogens is 424 g/mol. The van der Waals surface area contributed by atoms with Crippen LogP contribution in [-0.4, -0.2) is 35.0 Å². The molecular formula is C24H24N4O3S. The smallest absolute Gasteiger partial charge is 0.167 e. The molecule has 2 N–H and O–H groups in total. The number of anilines is 1. The zero-order valence-corrected chi connectivity index (χ0v) is 18.9. The highest BCUT2D eigenvalue weighted by Gasteiger charge is 2.19. The second-order valence-corrected chi connectivity index (χ2v) is 7.91. The minimum Gasteiger partial charge on any atom is -0.504 e. The molecule has 0 unspecified atom stereocenters. The van der Waals surface area contributed by atoms with Crippen LogP contribution in [0.4, 0.5) is 5.82 Å². The molecule has 32 heavy (non-hydrogen) atoms. The van der Waals surface area contributed by atoms with Gasteiger partial charge < -0.3 is 14.6 Å². The van der Waals surface area contributed by atoms with Gasteiger partial charge in [0.1, 0.15) is 12.1 Å². The number of ether oxygens (including phenoxy) is 2. The molecule has 2 heterocycles. The van der Waals surface area contributed by atoms with Gasteiger partial charge in [-0.1, -0.05) is 19.1 Å². The first-order valence-corrected chi connectivity index (χ1v) is 11.1. The van der Waals surface area contributed by atoms with E-state index < -0.39 is 0 Å². The average Bonchev–Trinajstić information content (AvgIpc) is 3.19. The molecule has 0 fully saturated rings. The molecule has 0 atom stereocenters. The fraction of sp³-hybridized carbons (Fsp3) is 0.208. The van der Waals surface area contributed by atoms with Crippen molar-refractivity contribution >= 4 is 33.6 Å². The van der Waals surface area contributed by atoms with Crippen LogP contribution in [0.5, 0.6) is 17.2 Å². The number of benzene rings is 2. The third-order valence-corrected chi connectivity index (χ3v) is 6.20. The highest BCUT2D eigenvalue weighted by atomic mass is 32.1. The monoisotopic (exact) mass is 448 g/mol. The Morgan fingerprint density at radius 1 is 1.12 bits per heavy atom. The molecule has 0 amide bonds. The highest BCUT2D eigenvalue weighted by molar-refractivity contribution is 7.23. The number of nitrogens with zero attached hydrogens (tertiary/aromatic N) is 3. The fourth-order valence-electron chi connectivity index (χ4n) is 3.47. The summed E-state index contributed by atoms with van der Waals surface area (Å²) in [6.45, 7) is 4.71. The molecule has 0 saturated carbocycles. The summed E-state index contributed by atoms with van der Waals surface area (Å²) in [6.07, 6.45) is 4.00. The molecule has 0 aliphatic carbocycles. The van der Waals surface area contributed by atoms with Crippen LogP contribution in [0.15, 0.2) is 53.9 Å². The molecule has 164 valence electrons.